The van der Waals surface area contributed by atoms with Crippen LogP contribution in [-0.4, -0.2) is 52.3 Å². The molecule has 0 atom stereocenters. The van der Waals surface area contributed by atoms with Crippen molar-refractivity contribution < 1.29 is 15.2 Å². The van der Waals surface area contributed by atoms with E-state index in [0.717, 1.165) is 30.6 Å². The van der Waals surface area contributed by atoms with E-state index in [-0.39, 0.29) is 0 Å². The molecule has 1 aliphatic carbocycles. The minimum absolute atomic E-state index is 0.425. The van der Waals surface area contributed by atoms with Gasteiger partial charge in [-0.2, -0.15) is 15.4 Å². The van der Waals surface area contributed by atoms with Crippen molar-refractivity contribution in [2.75, 3.05) is 26.2 Å². The smallest absolute Gasteiger partial charge is 0.115 e. The Hall–Kier alpha value is -1.85. The normalized spacial score (nSPS) is 17.6. The zero-order chi connectivity index (χ0) is 24.0. The molecule has 3 rings (SSSR count). The third kappa shape index (κ3) is 7.07. The van der Waals surface area contributed by atoms with E-state index in [1.807, 2.05) is 26.0 Å². The first-order chi connectivity index (χ1) is 15.7. The topological polar surface area (TPSA) is 80.0 Å². The van der Waals surface area contributed by atoms with Gasteiger partial charge in [0.1, 0.15) is 11.8 Å². The van der Waals surface area contributed by atoms with Crippen LogP contribution in [0.1, 0.15) is 50.7 Å². The van der Waals surface area contributed by atoms with Gasteiger partial charge in [-0.3, -0.25) is 0 Å². The Morgan fingerprint density at radius 2 is 2.00 bits per heavy atom. The molecular formula is C25H31Cl2N3O3. The summed E-state index contributed by atoms with van der Waals surface area (Å²) < 4.78 is 5.92. The summed E-state index contributed by atoms with van der Waals surface area (Å²) in [6, 6.07) is 7.41. The minimum Gasteiger partial charge on any atom is -0.496 e. The first-order valence-electron chi connectivity index (χ1n) is 11.2. The van der Waals surface area contributed by atoms with Gasteiger partial charge >= 0.3 is 0 Å². The van der Waals surface area contributed by atoms with Gasteiger partial charge in [-0.15, -0.1) is 0 Å². The highest BCUT2D eigenvalue weighted by atomic mass is 35.5. The molecule has 1 heterocycles. The van der Waals surface area contributed by atoms with Crippen LogP contribution in [0, 0.1) is 11.3 Å². The Bertz CT molecular complexity index is 995. The minimum atomic E-state index is -0.505. The fraction of sp³-hybridized carbons (Fsp3) is 0.480. The third-order valence-electron chi connectivity index (χ3n) is 6.07. The number of hydroxylamine groups is 4. The van der Waals surface area contributed by atoms with Crippen molar-refractivity contribution in [2.24, 2.45) is 0 Å². The van der Waals surface area contributed by atoms with Crippen molar-refractivity contribution in [1.29, 1.82) is 5.26 Å². The van der Waals surface area contributed by atoms with Crippen LogP contribution in [0.3, 0.4) is 0 Å². The van der Waals surface area contributed by atoms with Crippen molar-refractivity contribution >= 4 is 23.2 Å². The molecule has 0 radical (unpaired) electrons. The molecule has 1 aromatic rings. The average molecular weight is 492 g/mol. The van der Waals surface area contributed by atoms with Gasteiger partial charge in [0.05, 0.1) is 22.2 Å². The number of allylic oxidation sites excluding steroid dienone is 4. The second kappa shape index (κ2) is 11.5. The van der Waals surface area contributed by atoms with Crippen LogP contribution in [0.4, 0.5) is 0 Å². The van der Waals surface area contributed by atoms with Crippen LogP contribution < -0.4 is 0 Å². The maximum absolute atomic E-state index is 10.6. The molecular weight excluding hydrogens is 461 g/mol. The molecule has 2 aliphatic rings. The molecule has 6 nitrogen and oxygen atoms in total. The van der Waals surface area contributed by atoms with Gasteiger partial charge in [0.2, 0.25) is 0 Å². The second-order valence-electron chi connectivity index (χ2n) is 9.07. The number of benzene rings is 1. The third-order valence-corrected chi connectivity index (χ3v) is 6.70. The van der Waals surface area contributed by atoms with E-state index in [9.17, 15) is 10.4 Å². The summed E-state index contributed by atoms with van der Waals surface area (Å²) in [6.45, 7) is 6.02. The molecule has 0 aromatic heterocycles. The summed E-state index contributed by atoms with van der Waals surface area (Å²) in [7, 11) is 0. The van der Waals surface area contributed by atoms with Crippen LogP contribution in [-0.2, 0) is 11.2 Å². The summed E-state index contributed by atoms with van der Waals surface area (Å²) in [5.74, 6) is 0.789. The quantitative estimate of drug-likeness (QED) is 0.334. The standard InChI is InChI=1S/C25H31Cl2N3O3/c1-25(2,16-18-4-5-21(17-28)22(26)14-18)30(32)10-3-13-33-24-7-6-20(15-23(24)27)19-8-11-29(31)12-9-19/h4-5,8,14-15,31-32H,3,6-7,9-13,16H2,1-2H3. The highest BCUT2D eigenvalue weighted by Crippen LogP contribution is 2.33. The Balaban J connectivity index is 1.47. The zero-order valence-corrected chi connectivity index (χ0v) is 20.7. The number of hydrogen-bond donors (Lipinski definition) is 2. The number of ether oxygens (including phenoxy) is 1. The van der Waals surface area contributed by atoms with E-state index in [4.69, 9.17) is 33.2 Å². The lowest BCUT2D eigenvalue weighted by Crippen LogP contribution is -2.44. The van der Waals surface area contributed by atoms with Gasteiger partial charge in [0.25, 0.3) is 0 Å². The van der Waals surface area contributed by atoms with E-state index in [2.05, 4.69) is 12.1 Å². The van der Waals surface area contributed by atoms with Gasteiger partial charge in [-0.25, -0.2) is 0 Å². The number of hydrogen-bond acceptors (Lipinski definition) is 6. The van der Waals surface area contributed by atoms with Crippen molar-refractivity contribution in [2.45, 2.75) is 51.5 Å². The molecule has 1 aliphatic heterocycles. The summed E-state index contributed by atoms with van der Waals surface area (Å²) in [6.07, 6.45) is 7.70. The van der Waals surface area contributed by atoms with Gasteiger partial charge in [-0.1, -0.05) is 35.3 Å². The van der Waals surface area contributed by atoms with E-state index >= 15 is 0 Å². The van der Waals surface area contributed by atoms with Gasteiger partial charge in [-0.05, 0) is 74.4 Å². The molecule has 0 unspecified atom stereocenters. The van der Waals surface area contributed by atoms with Crippen molar-refractivity contribution in [1.82, 2.24) is 10.1 Å². The predicted octanol–water partition coefficient (Wildman–Crippen LogP) is 5.82. The molecule has 0 fully saturated rings. The summed E-state index contributed by atoms with van der Waals surface area (Å²) in [4.78, 5) is 0. The lowest BCUT2D eigenvalue weighted by Gasteiger charge is -2.34. The lowest BCUT2D eigenvalue weighted by atomic mass is 9.92. The maximum atomic E-state index is 10.6. The van der Waals surface area contributed by atoms with Crippen LogP contribution in [0.5, 0.6) is 0 Å². The first-order valence-corrected chi connectivity index (χ1v) is 12.0. The molecule has 8 heteroatoms. The molecule has 2 N–H and O–H groups in total. The van der Waals surface area contributed by atoms with Crippen LogP contribution in [0.25, 0.3) is 0 Å². The van der Waals surface area contributed by atoms with E-state index < -0.39 is 5.54 Å². The fourth-order valence-corrected chi connectivity index (χ4v) is 4.61. The van der Waals surface area contributed by atoms with Gasteiger partial charge < -0.3 is 15.2 Å². The Kier molecular flexibility index (Phi) is 9.00. The SMILES string of the molecule is CC(C)(Cc1ccc(C#N)c(Cl)c1)N(O)CCCOC1=C(Cl)C=C(C2=CCN(O)CC2)CC1. The second-order valence-corrected chi connectivity index (χ2v) is 9.89. The summed E-state index contributed by atoms with van der Waals surface area (Å²) in [5.41, 5.74) is 3.36. The van der Waals surface area contributed by atoms with E-state index in [1.54, 1.807) is 12.1 Å². The zero-order valence-electron chi connectivity index (χ0n) is 19.2. The van der Waals surface area contributed by atoms with Crippen LogP contribution in [0.15, 0.2) is 52.3 Å². The Labute approximate surface area is 205 Å². The van der Waals surface area contributed by atoms with Crippen LogP contribution >= 0.6 is 23.2 Å². The predicted molar refractivity (Wildman–Crippen MR) is 129 cm³/mol. The fourth-order valence-electron chi connectivity index (χ4n) is 4.08. The van der Waals surface area contributed by atoms with Crippen LogP contribution in [0.2, 0.25) is 5.02 Å². The van der Waals surface area contributed by atoms with Gasteiger partial charge in [0.15, 0.2) is 0 Å². The molecule has 0 saturated heterocycles. The number of halogens is 2. The molecule has 33 heavy (non-hydrogen) atoms. The van der Waals surface area contributed by atoms with Crippen molar-refractivity contribution in [3.05, 3.63) is 68.4 Å². The summed E-state index contributed by atoms with van der Waals surface area (Å²) in [5, 5.41) is 32.8. The summed E-state index contributed by atoms with van der Waals surface area (Å²) >= 11 is 12.6. The van der Waals surface area contributed by atoms with E-state index in [1.165, 1.54) is 21.3 Å². The van der Waals surface area contributed by atoms with E-state index in [0.29, 0.717) is 54.7 Å². The highest BCUT2D eigenvalue weighted by molar-refractivity contribution is 6.32. The van der Waals surface area contributed by atoms with Gasteiger partial charge in [0, 0.05) is 31.6 Å². The molecule has 178 valence electrons. The number of nitrogens with zero attached hydrogens (tertiary/aromatic N) is 3. The molecule has 0 spiro atoms. The largest absolute Gasteiger partial charge is 0.496 e. The molecule has 1 aromatic carbocycles. The monoisotopic (exact) mass is 491 g/mol. The maximum Gasteiger partial charge on any atom is 0.115 e. The number of rotatable bonds is 9. The van der Waals surface area contributed by atoms with Crippen molar-refractivity contribution in [3.8, 4) is 6.07 Å². The average Bonchev–Trinajstić information content (AvgIpc) is 2.77. The Morgan fingerprint density at radius 3 is 2.64 bits per heavy atom. The van der Waals surface area contributed by atoms with Crippen molar-refractivity contribution in [3.63, 3.8) is 0 Å². The molecule has 0 bridgehead atoms. The molecule has 0 amide bonds. The Morgan fingerprint density at radius 1 is 1.21 bits per heavy atom. The highest BCUT2D eigenvalue weighted by Gasteiger charge is 2.26. The number of nitriles is 1. The first kappa shape index (κ1) is 25.8. The lowest BCUT2D eigenvalue weighted by molar-refractivity contribution is -0.163. The molecule has 0 saturated carbocycles.